The Kier molecular flexibility index (Phi) is 8.79. The Bertz CT molecular complexity index is 1100. The van der Waals surface area contributed by atoms with Gasteiger partial charge in [0.25, 0.3) is 0 Å². The number of ether oxygens (including phenoxy) is 1. The van der Waals surface area contributed by atoms with Gasteiger partial charge in [-0.2, -0.15) is 13.2 Å². The van der Waals surface area contributed by atoms with Crippen molar-refractivity contribution in [2.75, 3.05) is 24.2 Å². The number of carbonyl (C=O) groups is 2. The van der Waals surface area contributed by atoms with Crippen LogP contribution in [-0.2, 0) is 15.7 Å². The maximum atomic E-state index is 12.5. The van der Waals surface area contributed by atoms with Gasteiger partial charge in [0.1, 0.15) is 0 Å². The number of thioether (sulfide) groups is 1. The zero-order valence-corrected chi connectivity index (χ0v) is 18.5. The normalized spacial score (nSPS) is 11.0. The Hall–Kier alpha value is -3.67. The van der Waals surface area contributed by atoms with Crippen LogP contribution in [0.4, 0.5) is 23.7 Å². The number of aromatic nitrogens is 3. The largest absolute Gasteiger partial charge is 0.465 e. The first-order valence-corrected chi connectivity index (χ1v) is 11.0. The second kappa shape index (κ2) is 12.0. The molecular weight excluding hydrogens is 471 g/mol. The molecule has 178 valence electrons. The third-order valence-corrected chi connectivity index (χ3v) is 5.05. The summed E-state index contributed by atoms with van der Waals surface area (Å²) in [6, 6.07) is 10.7. The van der Waals surface area contributed by atoms with Gasteiger partial charge in [0.05, 0.1) is 29.3 Å². The van der Waals surface area contributed by atoms with Gasteiger partial charge in [0.15, 0.2) is 5.16 Å². The van der Waals surface area contributed by atoms with Gasteiger partial charge in [-0.05, 0) is 48.9 Å². The number of anilines is 1. The molecule has 0 bridgehead atoms. The number of nitrogens with one attached hydrogen (secondary N) is 2. The van der Waals surface area contributed by atoms with E-state index in [9.17, 15) is 22.8 Å². The molecule has 2 aromatic heterocycles. The Morgan fingerprint density at radius 2 is 1.76 bits per heavy atom. The van der Waals surface area contributed by atoms with Crippen molar-refractivity contribution in [2.24, 2.45) is 0 Å². The van der Waals surface area contributed by atoms with E-state index >= 15 is 0 Å². The smallest absolute Gasteiger partial charge is 0.416 e. The molecule has 1 aromatic carbocycles. The van der Waals surface area contributed by atoms with Crippen molar-refractivity contribution in [2.45, 2.75) is 17.8 Å². The summed E-state index contributed by atoms with van der Waals surface area (Å²) in [5.74, 6) is -0.431. The highest BCUT2D eigenvalue weighted by Crippen LogP contribution is 2.29. The molecule has 0 fully saturated rings. The first-order chi connectivity index (χ1) is 16.3. The van der Waals surface area contributed by atoms with Crippen LogP contribution >= 0.6 is 11.8 Å². The van der Waals surface area contributed by atoms with Crippen molar-refractivity contribution in [3.8, 4) is 11.4 Å². The number of rotatable bonds is 9. The van der Waals surface area contributed by atoms with Crippen LogP contribution in [0.5, 0.6) is 0 Å². The maximum Gasteiger partial charge on any atom is 0.416 e. The number of benzene rings is 1. The summed E-state index contributed by atoms with van der Waals surface area (Å²) in [5.41, 5.74) is 0.769. The Balaban J connectivity index is 1.31. The van der Waals surface area contributed by atoms with E-state index in [1.165, 1.54) is 0 Å². The summed E-state index contributed by atoms with van der Waals surface area (Å²) in [7, 11) is 0. The maximum absolute atomic E-state index is 12.5. The first kappa shape index (κ1) is 25.0. The molecule has 0 atom stereocenters. The minimum Gasteiger partial charge on any atom is -0.465 e. The van der Waals surface area contributed by atoms with Crippen molar-refractivity contribution >= 4 is 29.4 Å². The highest BCUT2D eigenvalue weighted by atomic mass is 32.2. The van der Waals surface area contributed by atoms with E-state index in [2.05, 4.69) is 25.6 Å². The summed E-state index contributed by atoms with van der Waals surface area (Å²) in [5, 5.41) is 5.38. The van der Waals surface area contributed by atoms with Gasteiger partial charge in [-0.3, -0.25) is 9.78 Å². The minimum atomic E-state index is -4.44. The third-order valence-electron chi connectivity index (χ3n) is 4.22. The first-order valence-electron chi connectivity index (χ1n) is 10.1. The van der Waals surface area contributed by atoms with Crippen molar-refractivity contribution in [3.63, 3.8) is 0 Å². The Morgan fingerprint density at radius 1 is 0.971 bits per heavy atom. The van der Waals surface area contributed by atoms with Gasteiger partial charge < -0.3 is 15.4 Å². The molecule has 2 heterocycles. The molecule has 0 saturated heterocycles. The van der Waals surface area contributed by atoms with E-state index in [1.54, 1.807) is 24.5 Å². The van der Waals surface area contributed by atoms with Crippen molar-refractivity contribution < 1.29 is 27.5 Å². The van der Waals surface area contributed by atoms with Crippen LogP contribution < -0.4 is 10.6 Å². The van der Waals surface area contributed by atoms with E-state index in [0.29, 0.717) is 23.0 Å². The monoisotopic (exact) mass is 491 g/mol. The number of carbonyl (C=O) groups excluding carboxylic acids is 2. The lowest BCUT2D eigenvalue weighted by Gasteiger charge is -2.10. The lowest BCUT2D eigenvalue weighted by molar-refractivity contribution is -0.140. The molecule has 0 unspecified atom stereocenters. The SMILES string of the molecule is O=C(NCCCOC(=O)CSc1nccc(-c2ccccn2)n1)Nc1ccc(C(F)(F)F)cc1. The highest BCUT2D eigenvalue weighted by Gasteiger charge is 2.29. The second-order valence-electron chi connectivity index (χ2n) is 6.76. The molecule has 12 heteroatoms. The molecule has 0 radical (unpaired) electrons. The predicted molar refractivity (Wildman–Crippen MR) is 120 cm³/mol. The number of halogens is 3. The molecule has 0 spiro atoms. The number of alkyl halides is 3. The average molecular weight is 491 g/mol. The summed E-state index contributed by atoms with van der Waals surface area (Å²) in [4.78, 5) is 36.4. The molecule has 3 aromatic rings. The molecular formula is C22H20F3N5O3S. The van der Waals surface area contributed by atoms with Crippen molar-refractivity contribution in [3.05, 3.63) is 66.5 Å². The van der Waals surface area contributed by atoms with Gasteiger partial charge >= 0.3 is 18.2 Å². The van der Waals surface area contributed by atoms with Gasteiger partial charge in [-0.1, -0.05) is 17.8 Å². The zero-order chi connectivity index (χ0) is 24.4. The molecule has 0 aliphatic heterocycles. The molecule has 0 aliphatic rings. The van der Waals surface area contributed by atoms with Crippen LogP contribution in [0.25, 0.3) is 11.4 Å². The van der Waals surface area contributed by atoms with Crippen LogP contribution in [0.1, 0.15) is 12.0 Å². The van der Waals surface area contributed by atoms with Gasteiger partial charge in [0, 0.05) is 24.6 Å². The fourth-order valence-electron chi connectivity index (χ4n) is 2.61. The topological polar surface area (TPSA) is 106 Å². The number of urea groups is 1. The summed E-state index contributed by atoms with van der Waals surface area (Å²) in [6.07, 6.45) is -0.823. The van der Waals surface area contributed by atoms with Crippen LogP contribution in [0.2, 0.25) is 0 Å². The number of hydrogen-bond donors (Lipinski definition) is 2. The average Bonchev–Trinajstić information content (AvgIpc) is 2.83. The van der Waals surface area contributed by atoms with E-state index < -0.39 is 23.7 Å². The number of nitrogens with zero attached hydrogens (tertiary/aromatic N) is 3. The van der Waals surface area contributed by atoms with Gasteiger partial charge in [-0.25, -0.2) is 14.8 Å². The fourth-order valence-corrected chi connectivity index (χ4v) is 3.24. The molecule has 34 heavy (non-hydrogen) atoms. The van der Waals surface area contributed by atoms with Crippen LogP contribution in [0.15, 0.2) is 66.1 Å². The summed E-state index contributed by atoms with van der Waals surface area (Å²) >= 11 is 1.14. The highest BCUT2D eigenvalue weighted by molar-refractivity contribution is 7.99. The summed E-state index contributed by atoms with van der Waals surface area (Å²) < 4.78 is 42.8. The van der Waals surface area contributed by atoms with E-state index in [4.69, 9.17) is 4.74 Å². The molecule has 8 nitrogen and oxygen atoms in total. The lowest BCUT2D eigenvalue weighted by atomic mass is 10.2. The minimum absolute atomic E-state index is 0.0213. The summed E-state index contributed by atoms with van der Waals surface area (Å²) in [6.45, 7) is 0.302. The molecule has 3 rings (SSSR count). The third kappa shape index (κ3) is 8.03. The molecule has 2 amide bonds. The zero-order valence-electron chi connectivity index (χ0n) is 17.7. The number of hydrogen-bond acceptors (Lipinski definition) is 7. The quantitative estimate of drug-likeness (QED) is 0.198. The fraction of sp³-hybridized carbons (Fsp3) is 0.227. The molecule has 2 N–H and O–H groups in total. The molecule has 0 aliphatic carbocycles. The van der Waals surface area contributed by atoms with E-state index in [-0.39, 0.29) is 24.6 Å². The van der Waals surface area contributed by atoms with Gasteiger partial charge in [0.2, 0.25) is 0 Å². The number of pyridine rings is 1. The number of amides is 2. The second-order valence-corrected chi connectivity index (χ2v) is 7.70. The predicted octanol–water partition coefficient (Wildman–Crippen LogP) is 4.40. The van der Waals surface area contributed by atoms with Crippen molar-refractivity contribution in [1.29, 1.82) is 0 Å². The Morgan fingerprint density at radius 3 is 2.47 bits per heavy atom. The van der Waals surface area contributed by atoms with E-state index in [0.717, 1.165) is 36.0 Å². The van der Waals surface area contributed by atoms with Crippen molar-refractivity contribution in [1.82, 2.24) is 20.3 Å². The van der Waals surface area contributed by atoms with Crippen LogP contribution in [0.3, 0.4) is 0 Å². The Labute approximate surface area is 197 Å². The number of esters is 1. The standard InChI is InChI=1S/C22H20F3N5O3S/c23-22(24,25)15-5-7-16(8-6-15)29-20(32)27-11-3-13-33-19(31)14-34-21-28-12-9-18(30-21)17-4-1-2-10-26-17/h1-2,4-10,12H,3,11,13-14H2,(H2,27,29,32). The van der Waals surface area contributed by atoms with E-state index in [1.807, 2.05) is 12.1 Å². The lowest BCUT2D eigenvalue weighted by Crippen LogP contribution is -2.30. The molecule has 0 saturated carbocycles. The van der Waals surface area contributed by atoms with Gasteiger partial charge in [-0.15, -0.1) is 0 Å². The van der Waals surface area contributed by atoms with Crippen LogP contribution in [-0.4, -0.2) is 45.9 Å². The van der Waals surface area contributed by atoms with Crippen LogP contribution in [0, 0.1) is 0 Å².